The van der Waals surface area contributed by atoms with Crippen LogP contribution in [0.1, 0.15) is 17.3 Å². The second kappa shape index (κ2) is 7.10. The van der Waals surface area contributed by atoms with E-state index in [2.05, 4.69) is 15.0 Å². The highest BCUT2D eigenvalue weighted by Gasteiger charge is 2.06. The molecule has 0 aliphatic carbocycles. The maximum Gasteiger partial charge on any atom is 0.404 e. The topological polar surface area (TPSA) is 104 Å². The van der Waals surface area contributed by atoms with Gasteiger partial charge in [-0.1, -0.05) is 0 Å². The first kappa shape index (κ1) is 13.8. The van der Waals surface area contributed by atoms with Crippen LogP contribution in [0.5, 0.6) is 0 Å². The molecule has 0 spiro atoms. The number of nitrogens with zero attached hydrogens (tertiary/aromatic N) is 1. The molecule has 1 rings (SSSR count). The third kappa shape index (κ3) is 4.69. The summed E-state index contributed by atoms with van der Waals surface area (Å²) in [5.41, 5.74) is 5.18. The summed E-state index contributed by atoms with van der Waals surface area (Å²) in [7, 11) is 0. The third-order valence-electron chi connectivity index (χ3n) is 1.93. The summed E-state index contributed by atoms with van der Waals surface area (Å²) in [6, 6.07) is 3.23. The van der Waals surface area contributed by atoms with E-state index in [0.717, 1.165) is 0 Å². The normalized spacial score (nSPS) is 9.61. The first-order valence-electron chi connectivity index (χ1n) is 5.42. The summed E-state index contributed by atoms with van der Waals surface area (Å²) in [5.74, 6) is 0.157. The molecule has 0 fully saturated rings. The van der Waals surface area contributed by atoms with Crippen LogP contribution in [-0.4, -0.2) is 36.8 Å². The quantitative estimate of drug-likeness (QED) is 0.573. The van der Waals surface area contributed by atoms with E-state index in [0.29, 0.717) is 24.5 Å². The molecule has 1 amide bonds. The van der Waals surface area contributed by atoms with E-state index in [4.69, 9.17) is 10.5 Å². The molecule has 1 aromatic rings. The predicted molar refractivity (Wildman–Crippen MR) is 64.2 cm³/mol. The van der Waals surface area contributed by atoms with Gasteiger partial charge in [0.15, 0.2) is 0 Å². The SMILES string of the molecule is CCOC(=O)c1ccc(NCCOC(N)=O)nc1. The zero-order chi connectivity index (χ0) is 13.4. The second-order valence-corrected chi connectivity index (χ2v) is 3.25. The van der Waals surface area contributed by atoms with Crippen molar-refractivity contribution >= 4 is 17.9 Å². The maximum atomic E-state index is 11.3. The highest BCUT2D eigenvalue weighted by molar-refractivity contribution is 5.89. The molecular weight excluding hydrogens is 238 g/mol. The van der Waals surface area contributed by atoms with E-state index < -0.39 is 12.1 Å². The third-order valence-corrected chi connectivity index (χ3v) is 1.93. The van der Waals surface area contributed by atoms with E-state index in [9.17, 15) is 9.59 Å². The molecule has 0 aromatic carbocycles. The summed E-state index contributed by atoms with van der Waals surface area (Å²) in [5, 5.41) is 2.90. The van der Waals surface area contributed by atoms with Crippen LogP contribution in [0.4, 0.5) is 10.6 Å². The molecule has 18 heavy (non-hydrogen) atoms. The Balaban J connectivity index is 2.40. The van der Waals surface area contributed by atoms with Gasteiger partial charge in [-0.2, -0.15) is 0 Å². The molecule has 0 saturated carbocycles. The number of primary amides is 1. The number of hydrogen-bond acceptors (Lipinski definition) is 6. The van der Waals surface area contributed by atoms with Crippen LogP contribution in [0.3, 0.4) is 0 Å². The molecule has 0 aliphatic rings. The van der Waals surface area contributed by atoms with Gasteiger partial charge in [0.25, 0.3) is 0 Å². The van der Waals surface area contributed by atoms with Crippen LogP contribution in [-0.2, 0) is 9.47 Å². The number of nitrogens with one attached hydrogen (secondary N) is 1. The summed E-state index contributed by atoms with van der Waals surface area (Å²) in [6.07, 6.45) is 0.595. The monoisotopic (exact) mass is 253 g/mol. The summed E-state index contributed by atoms with van der Waals surface area (Å²) in [6.45, 7) is 2.59. The number of rotatable bonds is 6. The van der Waals surface area contributed by atoms with Crippen LogP contribution in [0.25, 0.3) is 0 Å². The van der Waals surface area contributed by atoms with Crippen molar-refractivity contribution < 1.29 is 19.1 Å². The van der Waals surface area contributed by atoms with Gasteiger partial charge in [0.1, 0.15) is 12.4 Å². The summed E-state index contributed by atoms with van der Waals surface area (Å²) in [4.78, 5) is 25.6. The Morgan fingerprint density at radius 2 is 2.17 bits per heavy atom. The van der Waals surface area contributed by atoms with Gasteiger partial charge in [0, 0.05) is 6.20 Å². The van der Waals surface area contributed by atoms with Gasteiger partial charge < -0.3 is 20.5 Å². The summed E-state index contributed by atoms with van der Waals surface area (Å²) < 4.78 is 9.35. The number of esters is 1. The van der Waals surface area contributed by atoms with Crippen molar-refractivity contribution in [2.24, 2.45) is 5.73 Å². The Morgan fingerprint density at radius 1 is 1.39 bits per heavy atom. The van der Waals surface area contributed by atoms with E-state index in [1.165, 1.54) is 6.20 Å². The van der Waals surface area contributed by atoms with Crippen LogP contribution < -0.4 is 11.1 Å². The zero-order valence-electron chi connectivity index (χ0n) is 10.0. The Morgan fingerprint density at radius 3 is 2.72 bits per heavy atom. The number of ether oxygens (including phenoxy) is 2. The van der Waals surface area contributed by atoms with Crippen molar-refractivity contribution in [3.05, 3.63) is 23.9 Å². The average Bonchev–Trinajstić information content (AvgIpc) is 2.35. The molecule has 0 unspecified atom stereocenters. The highest BCUT2D eigenvalue weighted by atomic mass is 16.5. The molecule has 0 atom stereocenters. The molecule has 0 saturated heterocycles. The largest absolute Gasteiger partial charge is 0.462 e. The predicted octanol–water partition coefficient (Wildman–Crippen LogP) is 0.766. The van der Waals surface area contributed by atoms with Crippen molar-refractivity contribution in [2.75, 3.05) is 25.1 Å². The molecule has 1 aromatic heterocycles. The second-order valence-electron chi connectivity index (χ2n) is 3.25. The van der Waals surface area contributed by atoms with Gasteiger partial charge >= 0.3 is 12.1 Å². The van der Waals surface area contributed by atoms with Gasteiger partial charge in [0.2, 0.25) is 0 Å². The Labute approximate surface area is 104 Å². The van der Waals surface area contributed by atoms with Crippen LogP contribution >= 0.6 is 0 Å². The molecular formula is C11H15N3O4. The Bertz CT molecular complexity index is 405. The number of pyridine rings is 1. The molecule has 1 heterocycles. The number of amides is 1. The zero-order valence-corrected chi connectivity index (χ0v) is 10.0. The maximum absolute atomic E-state index is 11.3. The Kier molecular flexibility index (Phi) is 5.43. The van der Waals surface area contributed by atoms with E-state index in [1.54, 1.807) is 19.1 Å². The minimum atomic E-state index is -0.817. The molecule has 0 aliphatic heterocycles. The van der Waals surface area contributed by atoms with Crippen LogP contribution in [0, 0.1) is 0 Å². The lowest BCUT2D eigenvalue weighted by Gasteiger charge is -2.06. The van der Waals surface area contributed by atoms with E-state index in [-0.39, 0.29) is 6.61 Å². The van der Waals surface area contributed by atoms with Gasteiger partial charge in [-0.05, 0) is 19.1 Å². The fourth-order valence-electron chi connectivity index (χ4n) is 1.16. The molecule has 0 bridgehead atoms. The molecule has 0 radical (unpaired) electrons. The van der Waals surface area contributed by atoms with Crippen molar-refractivity contribution in [3.8, 4) is 0 Å². The number of aromatic nitrogens is 1. The standard InChI is InChI=1S/C11H15N3O4/c1-2-17-10(15)8-3-4-9(14-7-8)13-5-6-18-11(12)16/h3-4,7H,2,5-6H2,1H3,(H2,12,16)(H,13,14). The van der Waals surface area contributed by atoms with Gasteiger partial charge in [0.05, 0.1) is 18.7 Å². The average molecular weight is 253 g/mol. The number of carbonyl (C=O) groups excluding carboxylic acids is 2. The van der Waals surface area contributed by atoms with Crippen LogP contribution in [0.2, 0.25) is 0 Å². The van der Waals surface area contributed by atoms with Gasteiger partial charge in [-0.25, -0.2) is 14.6 Å². The minimum absolute atomic E-state index is 0.149. The van der Waals surface area contributed by atoms with Crippen LogP contribution in [0.15, 0.2) is 18.3 Å². The summed E-state index contributed by atoms with van der Waals surface area (Å²) >= 11 is 0. The van der Waals surface area contributed by atoms with Gasteiger partial charge in [-0.3, -0.25) is 0 Å². The lowest BCUT2D eigenvalue weighted by molar-refractivity contribution is 0.0526. The van der Waals surface area contributed by atoms with Gasteiger partial charge in [-0.15, -0.1) is 0 Å². The highest BCUT2D eigenvalue weighted by Crippen LogP contribution is 2.06. The Hall–Kier alpha value is -2.31. The fraction of sp³-hybridized carbons (Fsp3) is 0.364. The van der Waals surface area contributed by atoms with Crippen molar-refractivity contribution in [1.82, 2.24) is 4.98 Å². The lowest BCUT2D eigenvalue weighted by Crippen LogP contribution is -2.18. The smallest absolute Gasteiger partial charge is 0.404 e. The number of carbonyl (C=O) groups is 2. The van der Waals surface area contributed by atoms with Crippen molar-refractivity contribution in [2.45, 2.75) is 6.92 Å². The van der Waals surface area contributed by atoms with E-state index >= 15 is 0 Å². The lowest BCUT2D eigenvalue weighted by atomic mass is 10.3. The number of anilines is 1. The first-order valence-corrected chi connectivity index (χ1v) is 5.42. The number of hydrogen-bond donors (Lipinski definition) is 2. The molecule has 7 heteroatoms. The minimum Gasteiger partial charge on any atom is -0.462 e. The van der Waals surface area contributed by atoms with Crippen molar-refractivity contribution in [1.29, 1.82) is 0 Å². The fourth-order valence-corrected chi connectivity index (χ4v) is 1.16. The van der Waals surface area contributed by atoms with E-state index in [1.807, 2.05) is 0 Å². The number of nitrogens with two attached hydrogens (primary N) is 1. The molecule has 3 N–H and O–H groups in total. The molecule has 7 nitrogen and oxygen atoms in total. The van der Waals surface area contributed by atoms with Crippen molar-refractivity contribution in [3.63, 3.8) is 0 Å². The first-order chi connectivity index (χ1) is 8.63. The molecule has 98 valence electrons.